The maximum atomic E-state index is 13.2. The van der Waals surface area contributed by atoms with Crippen LogP contribution in [0.3, 0.4) is 0 Å². The van der Waals surface area contributed by atoms with Crippen molar-refractivity contribution in [3.63, 3.8) is 0 Å². The van der Waals surface area contributed by atoms with E-state index in [0.717, 1.165) is 4.90 Å². The summed E-state index contributed by atoms with van der Waals surface area (Å²) >= 11 is 0. The molecule has 1 heterocycles. The van der Waals surface area contributed by atoms with Crippen molar-refractivity contribution >= 4 is 5.91 Å². The smallest absolute Gasteiger partial charge is 0.337 e. The Hall–Kier alpha value is -1.88. The quantitative estimate of drug-likeness (QED) is 0.759. The Morgan fingerprint density at radius 3 is 2.36 bits per heavy atom. The summed E-state index contributed by atoms with van der Waals surface area (Å²) in [5.74, 6) is -4.05. The van der Waals surface area contributed by atoms with Gasteiger partial charge in [-0.05, 0) is 12.8 Å². The second-order valence-corrected chi connectivity index (χ2v) is 5.86. The molecule has 0 saturated heterocycles. The predicted octanol–water partition coefficient (Wildman–Crippen LogP) is 3.21. The summed E-state index contributed by atoms with van der Waals surface area (Å²) in [6.45, 7) is -1.37. The van der Waals surface area contributed by atoms with Crippen molar-refractivity contribution in [3.05, 3.63) is 11.4 Å². The molecule has 2 rings (SSSR count). The molecule has 0 atom stereocenters. The lowest BCUT2D eigenvalue weighted by Gasteiger charge is -2.34. The van der Waals surface area contributed by atoms with Gasteiger partial charge in [0.05, 0.1) is 0 Å². The van der Waals surface area contributed by atoms with Crippen molar-refractivity contribution < 1.29 is 35.5 Å². The lowest BCUT2D eigenvalue weighted by atomic mass is 9.91. The van der Waals surface area contributed by atoms with Gasteiger partial charge < -0.3 is 4.90 Å². The summed E-state index contributed by atoms with van der Waals surface area (Å²) in [7, 11) is 1.17. The Kier molecular flexibility index (Phi) is 5.28. The molecule has 0 spiro atoms. The fraction of sp³-hybridized carbons (Fsp3) is 0.769. The molecule has 5 nitrogen and oxygen atoms in total. The van der Waals surface area contributed by atoms with Crippen molar-refractivity contribution in [3.8, 4) is 0 Å². The zero-order valence-corrected chi connectivity index (χ0v) is 13.0. The minimum atomic E-state index is -5.12. The van der Waals surface area contributed by atoms with Gasteiger partial charge in [0.15, 0.2) is 11.4 Å². The molecular formula is C13H15F7N4O. The van der Waals surface area contributed by atoms with Crippen LogP contribution in [-0.4, -0.2) is 51.2 Å². The van der Waals surface area contributed by atoms with Gasteiger partial charge in [0.1, 0.15) is 6.54 Å². The number of hydrogen-bond acceptors (Lipinski definition) is 3. The summed E-state index contributed by atoms with van der Waals surface area (Å²) < 4.78 is 90.5. The molecule has 1 saturated carbocycles. The highest BCUT2D eigenvalue weighted by Crippen LogP contribution is 2.36. The Morgan fingerprint density at radius 1 is 1.32 bits per heavy atom. The standard InChI is InChI=1S/C13H15F7N4O/c1-23(7-2-4-12(16,17)5-3-7)11(25)9-10(13(18,19)20)24(22-21-9)6-8(14)15/h7-8H,2-6H2,1H3. The van der Waals surface area contributed by atoms with E-state index in [1.807, 2.05) is 0 Å². The topological polar surface area (TPSA) is 51.0 Å². The Labute approximate surface area is 137 Å². The van der Waals surface area contributed by atoms with Gasteiger partial charge in [-0.2, -0.15) is 13.2 Å². The number of alkyl halides is 7. The normalized spacial score (nSPS) is 18.6. The third-order valence-corrected chi connectivity index (χ3v) is 4.07. The lowest BCUT2D eigenvalue weighted by Crippen LogP contribution is -2.42. The van der Waals surface area contributed by atoms with Crippen molar-refractivity contribution in [2.75, 3.05) is 7.05 Å². The van der Waals surface area contributed by atoms with Gasteiger partial charge in [0, 0.05) is 25.9 Å². The Balaban J connectivity index is 2.25. The molecule has 1 aromatic rings. The number of halogens is 7. The molecule has 0 radical (unpaired) electrons. The van der Waals surface area contributed by atoms with Crippen molar-refractivity contribution in [1.29, 1.82) is 0 Å². The first-order chi connectivity index (χ1) is 11.4. The van der Waals surface area contributed by atoms with Crippen molar-refractivity contribution in [2.45, 2.75) is 56.8 Å². The zero-order chi connectivity index (χ0) is 19.0. The molecule has 142 valence electrons. The van der Waals surface area contributed by atoms with Crippen LogP contribution < -0.4 is 0 Å². The number of nitrogens with zero attached hydrogens (tertiary/aromatic N) is 4. The van der Waals surface area contributed by atoms with Gasteiger partial charge in [-0.25, -0.2) is 22.2 Å². The highest BCUT2D eigenvalue weighted by Gasteiger charge is 2.44. The first-order valence-corrected chi connectivity index (χ1v) is 7.36. The van der Waals surface area contributed by atoms with E-state index in [2.05, 4.69) is 10.3 Å². The summed E-state index contributed by atoms with van der Waals surface area (Å²) in [5.41, 5.74) is -2.79. The average Bonchev–Trinajstić information content (AvgIpc) is 2.88. The van der Waals surface area contributed by atoms with Crippen LogP contribution in [0.5, 0.6) is 0 Å². The average molecular weight is 376 g/mol. The van der Waals surface area contributed by atoms with Gasteiger partial charge in [-0.1, -0.05) is 5.21 Å². The lowest BCUT2D eigenvalue weighted by molar-refractivity contribution is -0.145. The van der Waals surface area contributed by atoms with Crippen LogP contribution in [0.4, 0.5) is 30.7 Å². The van der Waals surface area contributed by atoms with Crippen molar-refractivity contribution in [1.82, 2.24) is 19.9 Å². The number of aromatic nitrogens is 3. The summed E-state index contributed by atoms with van der Waals surface area (Å²) in [6.07, 6.45) is -9.38. The fourth-order valence-corrected chi connectivity index (χ4v) is 2.74. The van der Waals surface area contributed by atoms with Crippen LogP contribution in [0, 0.1) is 0 Å². The molecule has 1 amide bonds. The number of carbonyl (C=O) groups excluding carboxylic acids is 1. The van der Waals surface area contributed by atoms with Gasteiger partial charge in [-0.3, -0.25) is 4.79 Å². The number of rotatable bonds is 4. The van der Waals surface area contributed by atoms with Gasteiger partial charge in [0.2, 0.25) is 5.92 Å². The molecular weight excluding hydrogens is 361 g/mol. The highest BCUT2D eigenvalue weighted by molar-refractivity contribution is 5.93. The minimum absolute atomic E-state index is 0.0687. The van der Waals surface area contributed by atoms with Crippen LogP contribution in [0.25, 0.3) is 0 Å². The molecule has 12 heteroatoms. The van der Waals surface area contributed by atoms with Crippen molar-refractivity contribution in [2.24, 2.45) is 0 Å². The maximum Gasteiger partial charge on any atom is 0.435 e. The van der Waals surface area contributed by atoms with E-state index in [1.54, 1.807) is 0 Å². The van der Waals surface area contributed by atoms with Gasteiger partial charge >= 0.3 is 6.18 Å². The number of hydrogen-bond donors (Lipinski definition) is 0. The Bertz CT molecular complexity index is 618. The largest absolute Gasteiger partial charge is 0.435 e. The van der Waals surface area contributed by atoms with Crippen LogP contribution >= 0.6 is 0 Å². The summed E-state index contributed by atoms with van der Waals surface area (Å²) in [4.78, 5) is 13.2. The van der Waals surface area contributed by atoms with Crippen LogP contribution in [0.15, 0.2) is 0 Å². The van der Waals surface area contributed by atoms with E-state index >= 15 is 0 Å². The number of carbonyl (C=O) groups is 1. The molecule has 0 unspecified atom stereocenters. The maximum absolute atomic E-state index is 13.2. The molecule has 1 aliphatic carbocycles. The van der Waals surface area contributed by atoms with Crippen LogP contribution in [0.1, 0.15) is 41.9 Å². The third kappa shape index (κ3) is 4.40. The molecule has 0 bridgehead atoms. The van der Waals surface area contributed by atoms with E-state index in [4.69, 9.17) is 0 Å². The predicted molar refractivity (Wildman–Crippen MR) is 70.3 cm³/mol. The van der Waals surface area contributed by atoms with Gasteiger partial charge in [0.25, 0.3) is 12.3 Å². The van der Waals surface area contributed by atoms with Gasteiger partial charge in [-0.15, -0.1) is 5.10 Å². The molecule has 25 heavy (non-hydrogen) atoms. The first-order valence-electron chi connectivity index (χ1n) is 7.36. The van der Waals surface area contributed by atoms with E-state index in [1.165, 1.54) is 7.05 Å². The van der Waals surface area contributed by atoms with Crippen LogP contribution in [0.2, 0.25) is 0 Å². The molecule has 1 aliphatic rings. The second-order valence-electron chi connectivity index (χ2n) is 5.86. The first kappa shape index (κ1) is 19.4. The highest BCUT2D eigenvalue weighted by atomic mass is 19.4. The third-order valence-electron chi connectivity index (χ3n) is 4.07. The fourth-order valence-electron chi connectivity index (χ4n) is 2.74. The zero-order valence-electron chi connectivity index (χ0n) is 13.0. The molecule has 0 aromatic carbocycles. The van der Waals surface area contributed by atoms with E-state index < -0.39 is 61.2 Å². The van der Waals surface area contributed by atoms with E-state index in [9.17, 15) is 35.5 Å². The molecule has 0 N–H and O–H groups in total. The molecule has 1 aromatic heterocycles. The number of amides is 1. The summed E-state index contributed by atoms with van der Waals surface area (Å²) in [5, 5.41) is 6.09. The Morgan fingerprint density at radius 2 is 1.88 bits per heavy atom. The summed E-state index contributed by atoms with van der Waals surface area (Å²) in [6, 6.07) is -0.687. The molecule has 0 aliphatic heterocycles. The van der Waals surface area contributed by atoms with E-state index in [-0.39, 0.29) is 17.5 Å². The van der Waals surface area contributed by atoms with Crippen LogP contribution in [-0.2, 0) is 12.7 Å². The molecule has 1 fully saturated rings. The second kappa shape index (κ2) is 6.79. The van der Waals surface area contributed by atoms with E-state index in [0.29, 0.717) is 0 Å². The SMILES string of the molecule is CN(C(=O)c1nnn(CC(F)F)c1C(F)(F)F)C1CCC(F)(F)CC1. The monoisotopic (exact) mass is 376 g/mol. The minimum Gasteiger partial charge on any atom is -0.337 e.